The molecule has 0 aromatic heterocycles. The van der Waals surface area contributed by atoms with Gasteiger partial charge in [-0.1, -0.05) is 62.9 Å². The summed E-state index contributed by atoms with van der Waals surface area (Å²) in [5.74, 6) is 1.84. The van der Waals surface area contributed by atoms with Crippen molar-refractivity contribution in [3.63, 3.8) is 0 Å². The highest BCUT2D eigenvalue weighted by Crippen LogP contribution is 2.31. The lowest BCUT2D eigenvalue weighted by molar-refractivity contribution is 0.285. The van der Waals surface area contributed by atoms with E-state index in [4.69, 9.17) is 0 Å². The molecule has 1 nitrogen and oxygen atoms in total. The van der Waals surface area contributed by atoms with Gasteiger partial charge in [0.1, 0.15) is 0 Å². The topological polar surface area (TPSA) is 12.0 Å². The van der Waals surface area contributed by atoms with E-state index in [-0.39, 0.29) is 0 Å². The Labute approximate surface area is 118 Å². The molecule has 1 fully saturated rings. The molecule has 1 saturated carbocycles. The molecular weight excluding hydrogens is 230 g/mol. The van der Waals surface area contributed by atoms with Crippen molar-refractivity contribution in [2.24, 2.45) is 11.8 Å². The van der Waals surface area contributed by atoms with Crippen LogP contribution in [0.15, 0.2) is 30.3 Å². The second-order valence-corrected chi connectivity index (χ2v) is 5.99. The fourth-order valence-electron chi connectivity index (χ4n) is 3.44. The van der Waals surface area contributed by atoms with Crippen LogP contribution in [-0.2, 0) is 6.42 Å². The Hall–Kier alpha value is -0.820. The van der Waals surface area contributed by atoms with E-state index >= 15 is 0 Å². The molecule has 0 saturated heterocycles. The molecule has 0 amide bonds. The second-order valence-electron chi connectivity index (χ2n) is 5.99. The Kier molecular flexibility index (Phi) is 6.43. The highest BCUT2D eigenvalue weighted by Gasteiger charge is 2.22. The molecule has 0 aliphatic heterocycles. The Morgan fingerprint density at radius 1 is 1.00 bits per heavy atom. The van der Waals surface area contributed by atoms with Gasteiger partial charge in [-0.3, -0.25) is 0 Å². The van der Waals surface area contributed by atoms with Crippen molar-refractivity contribution in [2.75, 3.05) is 13.1 Å². The number of rotatable bonds is 6. The minimum atomic E-state index is 0.908. The van der Waals surface area contributed by atoms with Crippen LogP contribution in [0.5, 0.6) is 0 Å². The third kappa shape index (κ3) is 4.99. The van der Waals surface area contributed by atoms with E-state index in [2.05, 4.69) is 42.6 Å². The van der Waals surface area contributed by atoms with Gasteiger partial charge in [-0.05, 0) is 49.8 Å². The van der Waals surface area contributed by atoms with Gasteiger partial charge in [0.15, 0.2) is 0 Å². The zero-order valence-corrected chi connectivity index (χ0v) is 12.4. The summed E-state index contributed by atoms with van der Waals surface area (Å²) in [5, 5.41) is 3.57. The summed E-state index contributed by atoms with van der Waals surface area (Å²) < 4.78 is 0. The van der Waals surface area contributed by atoms with E-state index in [0.29, 0.717) is 0 Å². The standard InChI is InChI=1S/C18H29N/c1-2-19-15-18-12-8-4-7-11-17(18)14-13-16-9-5-3-6-10-16/h3,5-6,9-10,17-19H,2,4,7-8,11-15H2,1H3. The van der Waals surface area contributed by atoms with Gasteiger partial charge in [0.25, 0.3) is 0 Å². The van der Waals surface area contributed by atoms with Crippen LogP contribution in [0, 0.1) is 11.8 Å². The van der Waals surface area contributed by atoms with Gasteiger partial charge in [0.05, 0.1) is 0 Å². The van der Waals surface area contributed by atoms with Gasteiger partial charge in [-0.2, -0.15) is 0 Å². The summed E-state index contributed by atoms with van der Waals surface area (Å²) in [6.45, 7) is 4.56. The van der Waals surface area contributed by atoms with Crippen molar-refractivity contribution in [1.82, 2.24) is 5.32 Å². The van der Waals surface area contributed by atoms with E-state index in [1.54, 1.807) is 0 Å². The van der Waals surface area contributed by atoms with Gasteiger partial charge < -0.3 is 5.32 Å². The predicted octanol–water partition coefficient (Wildman–Crippen LogP) is 4.43. The number of aryl methyl sites for hydroxylation is 1. The Bertz CT molecular complexity index is 333. The number of hydrogen-bond acceptors (Lipinski definition) is 1. The van der Waals surface area contributed by atoms with E-state index in [1.807, 2.05) is 0 Å². The van der Waals surface area contributed by atoms with E-state index in [1.165, 1.54) is 57.1 Å². The minimum absolute atomic E-state index is 0.908. The Morgan fingerprint density at radius 3 is 2.47 bits per heavy atom. The van der Waals surface area contributed by atoms with Crippen molar-refractivity contribution in [3.05, 3.63) is 35.9 Å². The minimum Gasteiger partial charge on any atom is -0.317 e. The number of hydrogen-bond donors (Lipinski definition) is 1. The molecule has 0 heterocycles. The van der Waals surface area contributed by atoms with E-state index in [9.17, 15) is 0 Å². The molecule has 2 rings (SSSR count). The average molecular weight is 259 g/mol. The molecule has 0 spiro atoms. The van der Waals surface area contributed by atoms with Crippen LogP contribution in [-0.4, -0.2) is 13.1 Å². The average Bonchev–Trinajstić information content (AvgIpc) is 2.69. The van der Waals surface area contributed by atoms with Gasteiger partial charge in [-0.15, -0.1) is 0 Å². The van der Waals surface area contributed by atoms with E-state index in [0.717, 1.165) is 18.4 Å². The molecule has 106 valence electrons. The van der Waals surface area contributed by atoms with Crippen molar-refractivity contribution >= 4 is 0 Å². The quantitative estimate of drug-likeness (QED) is 0.745. The van der Waals surface area contributed by atoms with Crippen LogP contribution in [0.4, 0.5) is 0 Å². The predicted molar refractivity (Wildman–Crippen MR) is 83.4 cm³/mol. The molecule has 2 atom stereocenters. The third-order valence-electron chi connectivity index (χ3n) is 4.62. The zero-order chi connectivity index (χ0) is 13.3. The van der Waals surface area contributed by atoms with Crippen LogP contribution in [0.3, 0.4) is 0 Å². The maximum Gasteiger partial charge on any atom is -0.00180 e. The highest BCUT2D eigenvalue weighted by atomic mass is 14.8. The Balaban J connectivity index is 1.86. The molecule has 1 heteroatoms. The van der Waals surface area contributed by atoms with Crippen molar-refractivity contribution in [1.29, 1.82) is 0 Å². The maximum atomic E-state index is 3.57. The molecule has 1 aromatic rings. The molecule has 1 N–H and O–H groups in total. The molecular formula is C18H29N. The lowest BCUT2D eigenvalue weighted by atomic mass is 9.83. The Morgan fingerprint density at radius 2 is 1.74 bits per heavy atom. The summed E-state index contributed by atoms with van der Waals surface area (Å²) in [4.78, 5) is 0. The molecule has 1 aliphatic carbocycles. The lowest BCUT2D eigenvalue weighted by Crippen LogP contribution is -2.28. The van der Waals surface area contributed by atoms with Crippen LogP contribution >= 0.6 is 0 Å². The summed E-state index contributed by atoms with van der Waals surface area (Å²) in [6, 6.07) is 11.0. The van der Waals surface area contributed by atoms with Crippen LogP contribution in [0.2, 0.25) is 0 Å². The first-order chi connectivity index (χ1) is 9.40. The first-order valence-electron chi connectivity index (χ1n) is 8.14. The fraction of sp³-hybridized carbons (Fsp3) is 0.667. The largest absolute Gasteiger partial charge is 0.317 e. The van der Waals surface area contributed by atoms with Gasteiger partial charge >= 0.3 is 0 Å². The number of benzene rings is 1. The summed E-state index contributed by atoms with van der Waals surface area (Å²) in [5.41, 5.74) is 1.51. The van der Waals surface area contributed by atoms with Crippen LogP contribution < -0.4 is 5.32 Å². The molecule has 1 aliphatic rings. The smallest absolute Gasteiger partial charge is 0.00180 e. The van der Waals surface area contributed by atoms with Crippen molar-refractivity contribution in [3.8, 4) is 0 Å². The van der Waals surface area contributed by atoms with Crippen molar-refractivity contribution in [2.45, 2.75) is 51.9 Å². The van der Waals surface area contributed by atoms with Gasteiger partial charge in [0, 0.05) is 0 Å². The fourth-order valence-corrected chi connectivity index (χ4v) is 3.44. The lowest BCUT2D eigenvalue weighted by Gasteiger charge is -2.25. The molecule has 0 radical (unpaired) electrons. The van der Waals surface area contributed by atoms with Gasteiger partial charge in [-0.25, -0.2) is 0 Å². The first-order valence-corrected chi connectivity index (χ1v) is 8.14. The third-order valence-corrected chi connectivity index (χ3v) is 4.62. The summed E-state index contributed by atoms with van der Waals surface area (Å²) in [7, 11) is 0. The van der Waals surface area contributed by atoms with Crippen LogP contribution in [0.25, 0.3) is 0 Å². The molecule has 0 bridgehead atoms. The first kappa shape index (κ1) is 14.6. The number of nitrogens with one attached hydrogen (secondary N) is 1. The second kappa shape index (κ2) is 8.37. The van der Waals surface area contributed by atoms with E-state index < -0.39 is 0 Å². The normalized spacial score (nSPS) is 24.1. The SMILES string of the molecule is CCNCC1CCCCCC1CCc1ccccc1. The molecule has 19 heavy (non-hydrogen) atoms. The van der Waals surface area contributed by atoms with Crippen molar-refractivity contribution < 1.29 is 0 Å². The molecule has 2 unspecified atom stereocenters. The summed E-state index contributed by atoms with van der Waals surface area (Å²) in [6.07, 6.45) is 9.86. The van der Waals surface area contributed by atoms with Crippen LogP contribution in [0.1, 0.15) is 51.0 Å². The summed E-state index contributed by atoms with van der Waals surface area (Å²) >= 11 is 0. The molecule has 1 aromatic carbocycles. The van der Waals surface area contributed by atoms with Gasteiger partial charge in [0.2, 0.25) is 0 Å². The highest BCUT2D eigenvalue weighted by molar-refractivity contribution is 5.14. The monoisotopic (exact) mass is 259 g/mol. The maximum absolute atomic E-state index is 3.57. The zero-order valence-electron chi connectivity index (χ0n) is 12.4.